The number of nitrogens with one attached hydrogen (secondary N) is 9. The number of carbonyl (C=O) groups is 1. The highest BCUT2D eigenvalue weighted by molar-refractivity contribution is 7.91. The van der Waals surface area contributed by atoms with Crippen molar-refractivity contribution in [3.63, 3.8) is 0 Å². The topological polar surface area (TPSA) is 515 Å². The molecule has 3 heterocycles. The average molecular weight is 1250 g/mol. The molecule has 0 amide bonds. The number of allylic oxidation sites excluding steroid dienone is 1. The van der Waals surface area contributed by atoms with Crippen LogP contribution in [0, 0.1) is 0 Å². The summed E-state index contributed by atoms with van der Waals surface area (Å²) in [6.07, 6.45) is 0.645. The predicted molar refractivity (Wildman–Crippen MR) is 337 cm³/mol. The van der Waals surface area contributed by atoms with Gasteiger partial charge >= 0.3 is 0 Å². The second kappa shape index (κ2) is 27.2. The fraction of sp³-hybridized carbons (Fsp3) is 0.241. The van der Waals surface area contributed by atoms with E-state index in [1.165, 1.54) is 0 Å². The Bertz CT molecular complexity index is 4350. The zero-order valence-electron chi connectivity index (χ0n) is 48.3. The Hall–Kier alpha value is -10.3. The quantitative estimate of drug-likeness (QED) is 0.0150. The average Bonchev–Trinajstić information content (AvgIpc) is 0.829. The summed E-state index contributed by atoms with van der Waals surface area (Å²) in [6, 6.07) is 23.8. The summed E-state index contributed by atoms with van der Waals surface area (Å²) in [5, 5.41) is 46.8. The highest BCUT2D eigenvalue weighted by Crippen LogP contribution is 2.41. The van der Waals surface area contributed by atoms with E-state index in [0.29, 0.717) is 58.1 Å². The number of H-pyrrole nitrogens is 1. The minimum absolute atomic E-state index is 0.0272. The number of nitrogens with two attached hydrogens (primary N) is 4. The Labute approximate surface area is 508 Å². The molecule has 464 valence electrons. The van der Waals surface area contributed by atoms with E-state index in [1.807, 2.05) is 25.1 Å². The van der Waals surface area contributed by atoms with E-state index in [-0.39, 0.29) is 100 Å². The molecule has 9 rings (SSSR count). The van der Waals surface area contributed by atoms with Gasteiger partial charge in [0, 0.05) is 43.2 Å². The lowest BCUT2D eigenvalue weighted by Crippen LogP contribution is -2.30. The number of aromatic hydroxyl groups is 1. The van der Waals surface area contributed by atoms with Crippen LogP contribution >= 0.6 is 0 Å². The lowest BCUT2D eigenvalue weighted by Gasteiger charge is -2.21. The lowest BCUT2D eigenvalue weighted by molar-refractivity contribution is 0.106. The number of hydrazone groups is 1. The number of Topliss-reactive ketones (excluding diaryl/α,β-unsaturated/α-hetero) is 1. The number of anilines is 11. The number of hydrogen-bond acceptors (Lipinski definition) is 30. The molecule has 3 aromatic heterocycles. The van der Waals surface area contributed by atoms with E-state index < -0.39 is 53.9 Å². The number of nitrogens with zero attached hydrogens (tertiary/aromatic N) is 12. The number of carbonyl (C=O) groups excluding carboxylic acids is 1. The van der Waals surface area contributed by atoms with Crippen LogP contribution in [0.25, 0.3) is 16.8 Å². The number of rotatable bonds is 25. The van der Waals surface area contributed by atoms with Crippen LogP contribution in [0.15, 0.2) is 121 Å². The third kappa shape index (κ3) is 16.6. The maximum Gasteiger partial charge on any atom is 0.296 e. The van der Waals surface area contributed by atoms with Crippen molar-refractivity contribution in [3.05, 3.63) is 124 Å². The van der Waals surface area contributed by atoms with Gasteiger partial charge in [0.2, 0.25) is 47.4 Å². The van der Waals surface area contributed by atoms with Crippen LogP contribution in [-0.2, 0) is 26.7 Å². The summed E-state index contributed by atoms with van der Waals surface area (Å²) in [7, 11) is -8.53. The van der Waals surface area contributed by atoms with Gasteiger partial charge in [0.15, 0.2) is 11.5 Å². The molecule has 4 unspecified atom stereocenters. The molecule has 1 aliphatic carbocycles. The van der Waals surface area contributed by atoms with E-state index in [4.69, 9.17) is 22.9 Å². The predicted octanol–water partition coefficient (Wildman–Crippen LogP) is 5.28. The van der Waals surface area contributed by atoms with E-state index in [9.17, 15) is 35.8 Å². The van der Waals surface area contributed by atoms with E-state index in [0.717, 1.165) is 18.2 Å². The van der Waals surface area contributed by atoms with Crippen LogP contribution in [0.1, 0.15) is 61.4 Å². The molecule has 0 spiro atoms. The van der Waals surface area contributed by atoms with Crippen molar-refractivity contribution in [2.75, 3.05) is 62.8 Å². The standard InChI is InChI=1S/C54H63N25O8S2/c1-26(55)19-20-60-48-70-50(62-28(3)57)74-53(71-48)65-37-8-6-7-31-11-18-38(45(80)42(31)37)78-76-35-16-14-33(15-17-35)64-52-68-41(67-47(59-5)69-52)21-30-9-12-34(13-10-30)77-79-44-40(89(85,86)87)23-32-22-36(88(82,83)84)24-39(43(32)46(44)81)66-54-73-49(61-25-27(2)56)72-51(75-54)63-29(4)58/h6-18,22-24,26-29,77,80H,19-21,25,55-58H2,1-5H3,(H,82,83,84)(H,85,86,87)(H2,59,64,67,68,69)(H3,60,62,65,70,71,74)(H3,61,63,66,72,73,75)/b78-76?,79-44-. The van der Waals surface area contributed by atoms with Crippen LogP contribution in [0.2, 0.25) is 0 Å². The van der Waals surface area contributed by atoms with Gasteiger partial charge < -0.3 is 65.3 Å². The minimum atomic E-state index is -5.21. The Morgan fingerprint density at radius 2 is 1.34 bits per heavy atom. The van der Waals surface area contributed by atoms with Crippen molar-refractivity contribution >= 4 is 124 Å². The molecule has 0 fully saturated rings. The zero-order chi connectivity index (χ0) is 63.7. The first-order valence-corrected chi connectivity index (χ1v) is 30.1. The van der Waals surface area contributed by atoms with Gasteiger partial charge in [-0.15, -0.1) is 5.11 Å². The lowest BCUT2D eigenvalue weighted by atomic mass is 9.93. The molecule has 0 saturated carbocycles. The summed E-state index contributed by atoms with van der Waals surface area (Å²) in [5.74, 6) is 0.276. The molecule has 4 atom stereocenters. The number of hydrogen-bond donors (Lipinski definition) is 16. The molecule has 8 aromatic rings. The van der Waals surface area contributed by atoms with Crippen LogP contribution < -0.4 is 71.2 Å². The fourth-order valence-corrected chi connectivity index (χ4v) is 9.72. The summed E-state index contributed by atoms with van der Waals surface area (Å²) < 4.78 is 71.1. The second-order valence-corrected chi connectivity index (χ2v) is 23.1. The highest BCUT2D eigenvalue weighted by Gasteiger charge is 2.36. The number of aromatic amines is 1. The summed E-state index contributed by atoms with van der Waals surface area (Å²) >= 11 is 0. The van der Waals surface area contributed by atoms with Crippen LogP contribution in [-0.4, -0.2) is 132 Å². The first kappa shape index (κ1) is 63.2. The van der Waals surface area contributed by atoms with Crippen LogP contribution in [0.5, 0.6) is 5.75 Å². The third-order valence-electron chi connectivity index (χ3n) is 12.5. The fourth-order valence-electron chi connectivity index (χ4n) is 8.52. The second-order valence-electron chi connectivity index (χ2n) is 20.3. The number of phenols is 1. The summed E-state index contributed by atoms with van der Waals surface area (Å²) in [4.78, 5) is 55.4. The van der Waals surface area contributed by atoms with Gasteiger partial charge in [-0.05, 0) is 117 Å². The maximum absolute atomic E-state index is 14.4. The molecule has 1 aliphatic rings. The van der Waals surface area contributed by atoms with Crippen molar-refractivity contribution < 1.29 is 35.8 Å². The highest BCUT2D eigenvalue weighted by atomic mass is 32.2. The molecule has 35 heteroatoms. The summed E-state index contributed by atoms with van der Waals surface area (Å²) in [5.41, 5.74) is 27.3. The molecule has 0 bridgehead atoms. The number of aromatic nitrogens is 9. The van der Waals surface area contributed by atoms with E-state index >= 15 is 0 Å². The molecular weight excluding hydrogens is 1190 g/mol. The Balaban J connectivity index is 0.893. The number of benzene rings is 5. The van der Waals surface area contributed by atoms with Gasteiger partial charge in [-0.2, -0.15) is 66.9 Å². The van der Waals surface area contributed by atoms with Crippen LogP contribution in [0.4, 0.5) is 75.8 Å². The van der Waals surface area contributed by atoms with Crippen molar-refractivity contribution in [2.24, 2.45) is 43.3 Å². The van der Waals surface area contributed by atoms with Gasteiger partial charge in [0.1, 0.15) is 16.4 Å². The maximum atomic E-state index is 14.4. The number of azo groups is 1. The Morgan fingerprint density at radius 1 is 0.663 bits per heavy atom. The number of phenolic OH excluding ortho intramolecular Hbond substituents is 1. The third-order valence-corrected chi connectivity index (χ3v) is 14.2. The Morgan fingerprint density at radius 3 is 2.02 bits per heavy atom. The molecule has 5 aromatic carbocycles. The molecule has 0 radical (unpaired) electrons. The minimum Gasteiger partial charge on any atom is -0.505 e. The molecule has 20 N–H and O–H groups in total. The van der Waals surface area contributed by atoms with Crippen molar-refractivity contribution in [2.45, 2.75) is 69.8 Å². The smallest absolute Gasteiger partial charge is 0.296 e. The van der Waals surface area contributed by atoms with Gasteiger partial charge in [-0.25, -0.2) is 4.99 Å². The monoisotopic (exact) mass is 1250 g/mol. The normalized spacial score (nSPS) is 14.6. The first-order chi connectivity index (χ1) is 42.3. The van der Waals surface area contributed by atoms with Crippen molar-refractivity contribution in [1.82, 2.24) is 44.9 Å². The first-order valence-electron chi connectivity index (χ1n) is 27.2. The molecule has 89 heavy (non-hydrogen) atoms. The van der Waals surface area contributed by atoms with Crippen molar-refractivity contribution in [3.8, 4) is 5.75 Å². The van der Waals surface area contributed by atoms with Gasteiger partial charge in [0.25, 0.3) is 25.9 Å². The number of fused-ring (bicyclic) bond motifs is 2. The SMILES string of the molecule is CNc1nc(Cc2ccc(N/N=C3\C(=O)c4c(cc(S(=O)(=O)O)cc4Nc4nc(=NCC(C)N)nc(NC(C)N)[nH]4)C=C3S(=O)(=O)O)cc2)nc(Nc2ccc(N=Nc3ccc4cccc(Nc5nc(NCCC(C)N)nc(NC(C)N)n5)c4c3O)cc2)n1. The van der Waals surface area contributed by atoms with E-state index in [2.05, 4.69) is 108 Å². The summed E-state index contributed by atoms with van der Waals surface area (Å²) in [6.45, 7) is 7.63. The largest absolute Gasteiger partial charge is 0.505 e. The van der Waals surface area contributed by atoms with Gasteiger partial charge in [-0.3, -0.25) is 24.3 Å². The van der Waals surface area contributed by atoms with E-state index in [1.54, 1.807) is 88.5 Å². The molecular formula is C54H63N25O8S2. The molecule has 33 nitrogen and oxygen atoms in total. The molecule has 0 aliphatic heterocycles. The number of ketones is 1. The zero-order valence-corrected chi connectivity index (χ0v) is 49.9. The van der Waals surface area contributed by atoms with Crippen molar-refractivity contribution in [1.29, 1.82) is 0 Å². The van der Waals surface area contributed by atoms with Crippen LogP contribution in [0.3, 0.4) is 0 Å². The molecule has 0 saturated heterocycles. The van der Waals surface area contributed by atoms with Gasteiger partial charge in [-0.1, -0.05) is 30.3 Å². The van der Waals surface area contributed by atoms with Gasteiger partial charge in [0.05, 0.1) is 52.1 Å². The Kier molecular flexibility index (Phi) is 19.3.